The molecule has 0 aliphatic carbocycles. The van der Waals surface area contributed by atoms with Crippen LogP contribution in [0.4, 0.5) is 0 Å². The van der Waals surface area contributed by atoms with Crippen molar-refractivity contribution in [1.29, 1.82) is 5.26 Å². The van der Waals surface area contributed by atoms with Gasteiger partial charge in [0, 0.05) is 26.2 Å². The molecule has 1 heterocycles. The smallest absolute Gasteiger partial charge is 0.243 e. The van der Waals surface area contributed by atoms with Crippen molar-refractivity contribution in [2.24, 2.45) is 5.92 Å². The molecule has 2 rings (SSSR count). The normalized spacial score (nSPS) is 18.5. The summed E-state index contributed by atoms with van der Waals surface area (Å²) in [6, 6.07) is 7.34. The lowest BCUT2D eigenvalue weighted by Crippen LogP contribution is -2.55. The van der Waals surface area contributed by atoms with Crippen LogP contribution in [0, 0.1) is 31.1 Å². The lowest BCUT2D eigenvalue weighted by Gasteiger charge is -2.34. The van der Waals surface area contributed by atoms with Gasteiger partial charge in [-0.2, -0.15) is 9.57 Å². The van der Waals surface area contributed by atoms with Crippen molar-refractivity contribution in [1.82, 2.24) is 14.5 Å². The highest BCUT2D eigenvalue weighted by Crippen LogP contribution is 2.20. The number of hydrogen-bond acceptors (Lipinski definition) is 5. The molecule has 0 saturated carbocycles. The summed E-state index contributed by atoms with van der Waals surface area (Å²) in [7, 11) is -3.53. The molecular formula is C20H30N4O3S. The Kier molecular flexibility index (Phi) is 6.86. The highest BCUT2D eigenvalue weighted by molar-refractivity contribution is 7.89. The van der Waals surface area contributed by atoms with E-state index in [4.69, 9.17) is 0 Å². The van der Waals surface area contributed by atoms with Crippen molar-refractivity contribution in [3.8, 4) is 6.07 Å². The highest BCUT2D eigenvalue weighted by Gasteiger charge is 2.32. The zero-order valence-electron chi connectivity index (χ0n) is 17.3. The summed E-state index contributed by atoms with van der Waals surface area (Å²) in [6.45, 7) is 11.1. The zero-order valence-corrected chi connectivity index (χ0v) is 18.1. The number of nitriles is 1. The van der Waals surface area contributed by atoms with E-state index in [0.717, 1.165) is 11.1 Å². The van der Waals surface area contributed by atoms with Crippen molar-refractivity contribution in [3.63, 3.8) is 0 Å². The number of carbonyl (C=O) groups excluding carboxylic acids is 1. The number of nitrogens with one attached hydrogen (secondary N) is 1. The van der Waals surface area contributed by atoms with E-state index in [9.17, 15) is 18.5 Å². The minimum Gasteiger partial charge on any atom is -0.337 e. The third-order valence-corrected chi connectivity index (χ3v) is 7.50. The summed E-state index contributed by atoms with van der Waals surface area (Å²) in [5.74, 6) is -0.232. The molecule has 1 aliphatic heterocycles. The van der Waals surface area contributed by atoms with Crippen LogP contribution in [0.2, 0.25) is 0 Å². The molecule has 1 aromatic rings. The first kappa shape index (κ1) is 22.3. The summed E-state index contributed by atoms with van der Waals surface area (Å²) < 4.78 is 27.2. The lowest BCUT2D eigenvalue weighted by molar-refractivity contribution is -0.124. The molecule has 1 aliphatic rings. The molecule has 1 saturated heterocycles. The number of hydrogen-bond donors (Lipinski definition) is 1. The van der Waals surface area contributed by atoms with Crippen molar-refractivity contribution in [2.45, 2.75) is 45.1 Å². The third-order valence-electron chi connectivity index (χ3n) is 5.60. The SMILES string of the molecule is Cc1ccc(S(=O)(=O)N2CCN(CC(=O)N[C@](C)(C#N)C(C)C)CC2)cc1C. The summed E-state index contributed by atoms with van der Waals surface area (Å²) in [4.78, 5) is 14.5. The van der Waals surface area contributed by atoms with Gasteiger partial charge < -0.3 is 5.32 Å². The van der Waals surface area contributed by atoms with E-state index >= 15 is 0 Å². The summed E-state index contributed by atoms with van der Waals surface area (Å²) >= 11 is 0. The number of rotatable bonds is 6. The largest absolute Gasteiger partial charge is 0.337 e. The van der Waals surface area contributed by atoms with Crippen LogP contribution in [-0.4, -0.2) is 61.8 Å². The van der Waals surface area contributed by atoms with E-state index < -0.39 is 15.6 Å². The maximum atomic E-state index is 12.9. The van der Waals surface area contributed by atoms with Crippen LogP contribution >= 0.6 is 0 Å². The number of piperazine rings is 1. The Hall–Kier alpha value is -1.95. The summed E-state index contributed by atoms with van der Waals surface area (Å²) in [5.41, 5.74) is 1.09. The van der Waals surface area contributed by atoms with Crippen LogP contribution in [0.15, 0.2) is 23.1 Å². The van der Waals surface area contributed by atoms with Crippen LogP contribution in [0.25, 0.3) is 0 Å². The van der Waals surface area contributed by atoms with E-state index in [0.29, 0.717) is 31.1 Å². The predicted molar refractivity (Wildman–Crippen MR) is 108 cm³/mol. The fourth-order valence-corrected chi connectivity index (χ4v) is 4.49. The van der Waals surface area contributed by atoms with Crippen molar-refractivity contribution in [3.05, 3.63) is 29.3 Å². The minimum absolute atomic E-state index is 0.0126. The molecule has 1 aromatic carbocycles. The van der Waals surface area contributed by atoms with Gasteiger partial charge in [0.05, 0.1) is 17.5 Å². The monoisotopic (exact) mass is 406 g/mol. The molecule has 0 unspecified atom stereocenters. The molecule has 1 amide bonds. The number of sulfonamides is 1. The molecule has 1 atom stereocenters. The van der Waals surface area contributed by atoms with Gasteiger partial charge in [-0.1, -0.05) is 19.9 Å². The average molecular weight is 407 g/mol. The van der Waals surface area contributed by atoms with Gasteiger partial charge in [-0.05, 0) is 49.9 Å². The van der Waals surface area contributed by atoms with Crippen LogP contribution in [0.5, 0.6) is 0 Å². The van der Waals surface area contributed by atoms with E-state index in [2.05, 4.69) is 11.4 Å². The first-order chi connectivity index (χ1) is 13.0. The summed E-state index contributed by atoms with van der Waals surface area (Å²) in [5, 5.41) is 12.1. The number of nitrogens with zero attached hydrogens (tertiary/aromatic N) is 3. The second-order valence-electron chi connectivity index (χ2n) is 7.94. The lowest BCUT2D eigenvalue weighted by atomic mass is 9.90. The van der Waals surface area contributed by atoms with Gasteiger partial charge in [0.15, 0.2) is 0 Å². The molecule has 1 N–H and O–H groups in total. The molecule has 8 heteroatoms. The van der Waals surface area contributed by atoms with Gasteiger partial charge in [-0.15, -0.1) is 0 Å². The minimum atomic E-state index is -3.53. The van der Waals surface area contributed by atoms with Gasteiger partial charge in [0.2, 0.25) is 15.9 Å². The molecule has 1 fully saturated rings. The summed E-state index contributed by atoms with van der Waals surface area (Å²) in [6.07, 6.45) is 0. The predicted octanol–water partition coefficient (Wildman–Crippen LogP) is 1.66. The highest BCUT2D eigenvalue weighted by atomic mass is 32.2. The second kappa shape index (κ2) is 8.60. The third kappa shape index (κ3) is 4.90. The van der Waals surface area contributed by atoms with Gasteiger partial charge in [-0.25, -0.2) is 8.42 Å². The molecule has 0 spiro atoms. The Labute approximate surface area is 168 Å². The average Bonchev–Trinajstić information content (AvgIpc) is 2.63. The Balaban J connectivity index is 1.96. The quantitative estimate of drug-likeness (QED) is 0.776. The van der Waals surface area contributed by atoms with Crippen LogP contribution < -0.4 is 5.32 Å². The molecule has 154 valence electrons. The van der Waals surface area contributed by atoms with Gasteiger partial charge in [0.25, 0.3) is 0 Å². The first-order valence-electron chi connectivity index (χ1n) is 9.51. The second-order valence-corrected chi connectivity index (χ2v) is 9.88. The molecule has 0 aromatic heterocycles. The molecule has 0 radical (unpaired) electrons. The molecule has 28 heavy (non-hydrogen) atoms. The van der Waals surface area contributed by atoms with Gasteiger partial charge >= 0.3 is 0 Å². The van der Waals surface area contributed by atoms with Gasteiger partial charge in [0.1, 0.15) is 5.54 Å². The Morgan fingerprint density at radius 2 is 1.82 bits per heavy atom. The standard InChI is InChI=1S/C20H30N4O3S/c1-15(2)20(5,14-21)22-19(25)13-23-8-10-24(11-9-23)28(26,27)18-7-6-16(3)17(4)12-18/h6-7,12,15H,8-11,13H2,1-5H3,(H,22,25)/t20-/m1/s1. The fourth-order valence-electron chi connectivity index (χ4n) is 2.99. The Bertz CT molecular complexity index is 868. The topological polar surface area (TPSA) is 93.5 Å². The molecular weight excluding hydrogens is 376 g/mol. The van der Waals surface area contributed by atoms with Crippen LogP contribution in [0.1, 0.15) is 31.9 Å². The Morgan fingerprint density at radius 3 is 2.32 bits per heavy atom. The van der Waals surface area contributed by atoms with Crippen molar-refractivity contribution in [2.75, 3.05) is 32.7 Å². The van der Waals surface area contributed by atoms with Crippen molar-refractivity contribution >= 4 is 15.9 Å². The maximum absolute atomic E-state index is 12.9. The maximum Gasteiger partial charge on any atom is 0.243 e. The van der Waals surface area contributed by atoms with E-state index in [1.807, 2.05) is 38.7 Å². The van der Waals surface area contributed by atoms with E-state index in [-0.39, 0.29) is 18.4 Å². The Morgan fingerprint density at radius 1 is 1.21 bits per heavy atom. The number of benzene rings is 1. The fraction of sp³-hybridized carbons (Fsp3) is 0.600. The number of amides is 1. The van der Waals surface area contributed by atoms with Crippen LogP contribution in [0.3, 0.4) is 0 Å². The molecule has 7 nitrogen and oxygen atoms in total. The first-order valence-corrected chi connectivity index (χ1v) is 11.0. The zero-order chi connectivity index (χ0) is 21.1. The van der Waals surface area contributed by atoms with E-state index in [1.54, 1.807) is 19.1 Å². The van der Waals surface area contributed by atoms with Gasteiger partial charge in [-0.3, -0.25) is 9.69 Å². The van der Waals surface area contributed by atoms with E-state index in [1.165, 1.54) is 4.31 Å². The van der Waals surface area contributed by atoms with Crippen LogP contribution in [-0.2, 0) is 14.8 Å². The molecule has 0 bridgehead atoms. The number of carbonyl (C=O) groups is 1. The van der Waals surface area contributed by atoms with Crippen molar-refractivity contribution < 1.29 is 13.2 Å². The number of aryl methyl sites for hydroxylation is 2.